The van der Waals surface area contributed by atoms with Gasteiger partial charge in [-0.1, -0.05) is 30.3 Å². The van der Waals surface area contributed by atoms with Crippen LogP contribution in [0.5, 0.6) is 0 Å². The number of amides is 4. The molecule has 5 unspecified atom stereocenters. The zero-order valence-corrected chi connectivity index (χ0v) is 21.1. The quantitative estimate of drug-likeness (QED) is 0.133. The number of benzene rings is 1. The molecule has 13 heteroatoms. The lowest BCUT2D eigenvalue weighted by Crippen LogP contribution is -2.60. The number of thioether (sulfide) groups is 1. The molecule has 0 radical (unpaired) electrons. The second-order valence-electron chi connectivity index (χ2n) is 8.27. The van der Waals surface area contributed by atoms with Crippen LogP contribution in [-0.4, -0.2) is 82.1 Å². The molecule has 1 aromatic carbocycles. The summed E-state index contributed by atoms with van der Waals surface area (Å²) in [6.07, 6.45) is 0.497. The Labute approximate surface area is 213 Å². The van der Waals surface area contributed by atoms with E-state index in [2.05, 4.69) is 16.0 Å². The van der Waals surface area contributed by atoms with E-state index in [4.69, 9.17) is 11.5 Å². The summed E-state index contributed by atoms with van der Waals surface area (Å²) in [5, 5.41) is 26.9. The number of carboxylic acid groups (broad SMARTS) is 1. The third-order valence-electron chi connectivity index (χ3n) is 5.24. The molecule has 36 heavy (non-hydrogen) atoms. The van der Waals surface area contributed by atoms with Crippen molar-refractivity contribution in [2.75, 3.05) is 12.0 Å². The first-order valence-electron chi connectivity index (χ1n) is 11.3. The molecule has 0 bridgehead atoms. The number of nitrogens with one attached hydrogen (secondary N) is 3. The molecule has 0 spiro atoms. The van der Waals surface area contributed by atoms with E-state index in [0.717, 1.165) is 0 Å². The molecule has 5 atom stereocenters. The number of aliphatic carboxylic acids is 1. The third-order valence-corrected chi connectivity index (χ3v) is 5.89. The summed E-state index contributed by atoms with van der Waals surface area (Å²) in [4.78, 5) is 60.8. The smallest absolute Gasteiger partial charge is 0.326 e. The van der Waals surface area contributed by atoms with Gasteiger partial charge in [-0.25, -0.2) is 4.79 Å². The maximum Gasteiger partial charge on any atom is 0.326 e. The van der Waals surface area contributed by atoms with Crippen molar-refractivity contribution in [3.8, 4) is 0 Å². The minimum atomic E-state index is -1.44. The van der Waals surface area contributed by atoms with Crippen LogP contribution in [0.25, 0.3) is 0 Å². The van der Waals surface area contributed by atoms with Gasteiger partial charge in [0.1, 0.15) is 18.1 Å². The molecule has 0 saturated carbocycles. The van der Waals surface area contributed by atoms with Crippen molar-refractivity contribution < 1.29 is 34.2 Å². The summed E-state index contributed by atoms with van der Waals surface area (Å²) in [7, 11) is 0. The van der Waals surface area contributed by atoms with Crippen molar-refractivity contribution in [2.45, 2.75) is 62.9 Å². The number of carbonyl (C=O) groups is 5. The maximum atomic E-state index is 12.9. The molecule has 200 valence electrons. The highest BCUT2D eigenvalue weighted by Gasteiger charge is 2.32. The van der Waals surface area contributed by atoms with Gasteiger partial charge in [0, 0.05) is 12.8 Å². The number of rotatable bonds is 16. The first-order valence-corrected chi connectivity index (χ1v) is 12.7. The Morgan fingerprint density at radius 2 is 1.56 bits per heavy atom. The molecule has 0 aliphatic rings. The fourth-order valence-electron chi connectivity index (χ4n) is 3.18. The Hall–Kier alpha value is -3.16. The fourth-order valence-corrected chi connectivity index (χ4v) is 3.65. The molecular weight excluding hydrogens is 490 g/mol. The van der Waals surface area contributed by atoms with Crippen molar-refractivity contribution >= 4 is 41.4 Å². The molecule has 12 nitrogen and oxygen atoms in total. The summed E-state index contributed by atoms with van der Waals surface area (Å²) < 4.78 is 0. The van der Waals surface area contributed by atoms with Gasteiger partial charge >= 0.3 is 5.97 Å². The van der Waals surface area contributed by atoms with E-state index >= 15 is 0 Å². The van der Waals surface area contributed by atoms with E-state index in [9.17, 15) is 34.2 Å². The predicted octanol–water partition coefficient (Wildman–Crippen LogP) is -1.51. The summed E-state index contributed by atoms with van der Waals surface area (Å²) in [6, 6.07) is 3.82. The lowest BCUT2D eigenvalue weighted by Gasteiger charge is -2.26. The van der Waals surface area contributed by atoms with E-state index in [1.165, 1.54) is 18.7 Å². The number of carboxylic acids is 1. The minimum Gasteiger partial charge on any atom is -0.480 e. The standard InChI is InChI=1S/C23H35N5O7S/c1-13(29)19(28-20(31)15(24)8-9-18(25)30)22(33)26-16(10-11-36-2)21(32)27-17(23(34)35)12-14-6-4-3-5-7-14/h3-7,13,15-17,19,29H,8-12,24H2,1-2H3,(H2,25,30)(H,26,33)(H,27,32)(H,28,31)(H,34,35). The number of nitrogens with two attached hydrogens (primary N) is 2. The molecule has 4 amide bonds. The van der Waals surface area contributed by atoms with Crippen molar-refractivity contribution in [3.63, 3.8) is 0 Å². The van der Waals surface area contributed by atoms with Crippen LogP contribution in [0.15, 0.2) is 30.3 Å². The summed E-state index contributed by atoms with van der Waals surface area (Å²) in [5.41, 5.74) is 11.5. The van der Waals surface area contributed by atoms with Gasteiger partial charge < -0.3 is 37.6 Å². The fraction of sp³-hybridized carbons (Fsp3) is 0.522. The van der Waals surface area contributed by atoms with Gasteiger partial charge in [0.2, 0.25) is 23.6 Å². The molecule has 0 aliphatic heterocycles. The van der Waals surface area contributed by atoms with Gasteiger partial charge in [0.15, 0.2) is 0 Å². The first kappa shape index (κ1) is 30.9. The van der Waals surface area contributed by atoms with Crippen LogP contribution in [0.1, 0.15) is 31.7 Å². The van der Waals surface area contributed by atoms with Crippen LogP contribution in [0.4, 0.5) is 0 Å². The van der Waals surface area contributed by atoms with E-state index in [1.807, 2.05) is 0 Å². The van der Waals surface area contributed by atoms with Crippen molar-refractivity contribution in [3.05, 3.63) is 35.9 Å². The van der Waals surface area contributed by atoms with Gasteiger partial charge in [-0.3, -0.25) is 19.2 Å². The average molecular weight is 526 g/mol. The van der Waals surface area contributed by atoms with Gasteiger partial charge in [-0.05, 0) is 37.3 Å². The van der Waals surface area contributed by atoms with Crippen LogP contribution in [0.3, 0.4) is 0 Å². The number of aliphatic hydroxyl groups excluding tert-OH is 1. The van der Waals surface area contributed by atoms with E-state index in [0.29, 0.717) is 11.3 Å². The van der Waals surface area contributed by atoms with Crippen LogP contribution in [0.2, 0.25) is 0 Å². The number of hydrogen-bond acceptors (Lipinski definition) is 8. The van der Waals surface area contributed by atoms with Crippen molar-refractivity contribution in [1.29, 1.82) is 0 Å². The SMILES string of the molecule is CSCCC(NC(=O)C(NC(=O)C(N)CCC(N)=O)C(C)O)C(=O)NC(Cc1ccccc1)C(=O)O. The van der Waals surface area contributed by atoms with E-state index in [1.54, 1.807) is 36.6 Å². The second kappa shape index (κ2) is 15.8. The Balaban J connectivity index is 2.92. The topological polar surface area (TPSA) is 214 Å². The zero-order chi connectivity index (χ0) is 27.3. The summed E-state index contributed by atoms with van der Waals surface area (Å²) in [6.45, 7) is 1.27. The van der Waals surface area contributed by atoms with Crippen LogP contribution >= 0.6 is 11.8 Å². The van der Waals surface area contributed by atoms with Gasteiger partial charge in [0.05, 0.1) is 12.1 Å². The lowest BCUT2D eigenvalue weighted by atomic mass is 10.0. The normalized spacial score (nSPS) is 15.0. The van der Waals surface area contributed by atoms with E-state index in [-0.39, 0.29) is 25.7 Å². The minimum absolute atomic E-state index is 0.0423. The van der Waals surface area contributed by atoms with Crippen molar-refractivity contribution in [2.24, 2.45) is 11.5 Å². The molecule has 0 heterocycles. The molecule has 1 aromatic rings. The predicted molar refractivity (Wildman–Crippen MR) is 135 cm³/mol. The monoisotopic (exact) mass is 525 g/mol. The van der Waals surface area contributed by atoms with Gasteiger partial charge in [-0.15, -0.1) is 0 Å². The van der Waals surface area contributed by atoms with Crippen LogP contribution < -0.4 is 27.4 Å². The Morgan fingerprint density at radius 3 is 2.08 bits per heavy atom. The highest BCUT2D eigenvalue weighted by molar-refractivity contribution is 7.98. The average Bonchev–Trinajstić information content (AvgIpc) is 2.82. The van der Waals surface area contributed by atoms with Gasteiger partial charge in [0.25, 0.3) is 0 Å². The lowest BCUT2D eigenvalue weighted by molar-refractivity contribution is -0.142. The molecule has 9 N–H and O–H groups in total. The molecule has 0 saturated heterocycles. The molecule has 0 fully saturated rings. The maximum absolute atomic E-state index is 12.9. The largest absolute Gasteiger partial charge is 0.480 e. The van der Waals surface area contributed by atoms with E-state index < -0.39 is 59.9 Å². The zero-order valence-electron chi connectivity index (χ0n) is 20.3. The molecule has 1 rings (SSSR count). The Morgan fingerprint density at radius 1 is 0.944 bits per heavy atom. The number of hydrogen-bond donors (Lipinski definition) is 7. The first-order chi connectivity index (χ1) is 17.0. The molecular formula is C23H35N5O7S. The number of carbonyl (C=O) groups excluding carboxylic acids is 4. The Bertz CT molecular complexity index is 900. The number of aliphatic hydroxyl groups is 1. The molecule has 0 aromatic heterocycles. The summed E-state index contributed by atoms with van der Waals surface area (Å²) >= 11 is 1.42. The van der Waals surface area contributed by atoms with Gasteiger partial charge in [-0.2, -0.15) is 11.8 Å². The second-order valence-corrected chi connectivity index (χ2v) is 9.26. The highest BCUT2D eigenvalue weighted by Crippen LogP contribution is 2.07. The number of primary amides is 1. The van der Waals surface area contributed by atoms with Crippen molar-refractivity contribution in [1.82, 2.24) is 16.0 Å². The van der Waals surface area contributed by atoms with Crippen LogP contribution in [-0.2, 0) is 30.4 Å². The van der Waals surface area contributed by atoms with Crippen LogP contribution in [0, 0.1) is 0 Å². The third kappa shape index (κ3) is 11.1. The highest BCUT2D eigenvalue weighted by atomic mass is 32.2. The Kier molecular flexibility index (Phi) is 13.5. The summed E-state index contributed by atoms with van der Waals surface area (Å²) in [5.74, 6) is -3.75. The molecule has 0 aliphatic carbocycles.